The van der Waals surface area contributed by atoms with Crippen LogP contribution in [0.3, 0.4) is 0 Å². The molecule has 43 heavy (non-hydrogen) atoms. The van der Waals surface area contributed by atoms with Gasteiger partial charge in [0.1, 0.15) is 0 Å². The average molecular weight is 619 g/mol. The van der Waals surface area contributed by atoms with E-state index in [1.165, 1.54) is 46.7 Å². The first-order valence-corrected chi connectivity index (χ1v) is 16.0. The first kappa shape index (κ1) is 27.8. The lowest BCUT2D eigenvalue weighted by atomic mass is 9.57. The van der Waals surface area contributed by atoms with Gasteiger partial charge in [0.25, 0.3) is 0 Å². The van der Waals surface area contributed by atoms with Crippen LogP contribution in [0.4, 0.5) is 0 Å². The fourth-order valence-electron chi connectivity index (χ4n) is 7.62. The molecule has 0 spiro atoms. The van der Waals surface area contributed by atoms with Gasteiger partial charge in [-0.3, -0.25) is 29.0 Å². The fourth-order valence-corrected chi connectivity index (χ4v) is 9.00. The van der Waals surface area contributed by atoms with Crippen LogP contribution in [-0.2, 0) is 32.3 Å². The van der Waals surface area contributed by atoms with Crippen molar-refractivity contribution in [1.82, 2.24) is 9.80 Å². The lowest BCUT2D eigenvalue weighted by molar-refractivity contribution is -0.142. The maximum absolute atomic E-state index is 14.1. The molecule has 2 aliphatic heterocycles. The molecule has 4 heterocycles. The Labute approximate surface area is 256 Å². The van der Waals surface area contributed by atoms with E-state index < -0.39 is 29.6 Å². The summed E-state index contributed by atoms with van der Waals surface area (Å²) in [6.45, 7) is 0.428. The van der Waals surface area contributed by atoms with Gasteiger partial charge in [-0.05, 0) is 59.3 Å². The first-order chi connectivity index (χ1) is 20.8. The Morgan fingerprint density at radius 2 is 1.35 bits per heavy atom. The Morgan fingerprint density at radius 1 is 0.791 bits per heavy atom. The Kier molecular flexibility index (Phi) is 6.89. The van der Waals surface area contributed by atoms with E-state index in [4.69, 9.17) is 9.47 Å². The SMILES string of the molecule is COc1cc([C@H]2C3=CC[C@@H]4C(=O)N(Cc5cccs5)C(=O)[C@@H]4[C@@H]3C[C@H]3C(=O)N(Cc4cccs4)C(=O)[C@@H]23)cc(OC)c1O. The van der Waals surface area contributed by atoms with Crippen molar-refractivity contribution in [2.75, 3.05) is 14.2 Å². The van der Waals surface area contributed by atoms with Crippen molar-refractivity contribution in [1.29, 1.82) is 0 Å². The molecule has 222 valence electrons. The number of fused-ring (bicyclic) bond motifs is 4. The molecule has 4 amide bonds. The second-order valence-corrected chi connectivity index (χ2v) is 13.5. The molecule has 0 radical (unpaired) electrons. The minimum atomic E-state index is -0.695. The van der Waals surface area contributed by atoms with Crippen LogP contribution < -0.4 is 9.47 Å². The highest BCUT2D eigenvalue weighted by atomic mass is 32.1. The third-order valence-corrected chi connectivity index (χ3v) is 11.2. The maximum Gasteiger partial charge on any atom is 0.234 e. The molecule has 1 N–H and O–H groups in total. The minimum Gasteiger partial charge on any atom is -0.502 e. The number of phenols is 1. The molecule has 3 aromatic rings. The van der Waals surface area contributed by atoms with Crippen molar-refractivity contribution in [3.63, 3.8) is 0 Å². The van der Waals surface area contributed by atoms with Crippen LogP contribution in [0, 0.1) is 29.6 Å². The number of nitrogens with zero attached hydrogens (tertiary/aromatic N) is 2. The number of methoxy groups -OCH3 is 2. The number of amides is 4. The second kappa shape index (κ2) is 10.6. The lowest BCUT2D eigenvalue weighted by Crippen LogP contribution is -2.43. The number of hydrogen-bond donors (Lipinski definition) is 1. The first-order valence-electron chi connectivity index (χ1n) is 14.2. The summed E-state index contributed by atoms with van der Waals surface area (Å²) in [5.41, 5.74) is 1.54. The van der Waals surface area contributed by atoms with Gasteiger partial charge in [0.05, 0.1) is 51.0 Å². The van der Waals surface area contributed by atoms with Crippen LogP contribution in [0.2, 0.25) is 0 Å². The van der Waals surface area contributed by atoms with Crippen LogP contribution in [-0.4, -0.2) is 52.8 Å². The van der Waals surface area contributed by atoms with Gasteiger partial charge in [-0.25, -0.2) is 0 Å². The number of likely N-dealkylation sites (tertiary alicyclic amines) is 2. The molecule has 9 nitrogen and oxygen atoms in total. The van der Waals surface area contributed by atoms with Gasteiger partial charge in [0.15, 0.2) is 11.5 Å². The topological polar surface area (TPSA) is 113 Å². The van der Waals surface area contributed by atoms with Crippen LogP contribution >= 0.6 is 22.7 Å². The molecule has 2 aromatic heterocycles. The quantitative estimate of drug-likeness (QED) is 0.305. The highest BCUT2D eigenvalue weighted by Crippen LogP contribution is 2.59. The third-order valence-electron chi connectivity index (χ3n) is 9.48. The Morgan fingerprint density at radius 3 is 1.88 bits per heavy atom. The number of ether oxygens (including phenoxy) is 2. The zero-order valence-corrected chi connectivity index (χ0v) is 25.2. The largest absolute Gasteiger partial charge is 0.502 e. The number of imide groups is 2. The van der Waals surface area contributed by atoms with E-state index in [9.17, 15) is 24.3 Å². The molecule has 1 saturated carbocycles. The number of rotatable bonds is 7. The van der Waals surface area contributed by atoms with E-state index in [0.29, 0.717) is 18.4 Å². The number of carbonyl (C=O) groups is 4. The van der Waals surface area contributed by atoms with Crippen LogP contribution in [0.25, 0.3) is 0 Å². The van der Waals surface area contributed by atoms with Crippen molar-refractivity contribution in [3.8, 4) is 17.2 Å². The molecule has 3 fully saturated rings. The number of hydrogen-bond acceptors (Lipinski definition) is 9. The van der Waals surface area contributed by atoms with Crippen molar-refractivity contribution >= 4 is 46.3 Å². The summed E-state index contributed by atoms with van der Waals surface area (Å²) in [5, 5.41) is 14.5. The van der Waals surface area contributed by atoms with Crippen LogP contribution in [0.1, 0.15) is 34.1 Å². The summed E-state index contributed by atoms with van der Waals surface area (Å²) in [5.74, 6) is -4.11. The zero-order valence-electron chi connectivity index (χ0n) is 23.6. The summed E-state index contributed by atoms with van der Waals surface area (Å²) in [6.07, 6.45) is 2.71. The number of aromatic hydroxyl groups is 1. The molecule has 0 bridgehead atoms. The van der Waals surface area contributed by atoms with E-state index >= 15 is 0 Å². The van der Waals surface area contributed by atoms with Gasteiger partial charge in [-0.1, -0.05) is 23.8 Å². The Balaban J connectivity index is 1.32. The summed E-state index contributed by atoms with van der Waals surface area (Å²) in [6, 6.07) is 11.0. The monoisotopic (exact) mass is 618 g/mol. The number of carbonyl (C=O) groups excluding carboxylic acids is 4. The van der Waals surface area contributed by atoms with Gasteiger partial charge >= 0.3 is 0 Å². The summed E-state index contributed by atoms with van der Waals surface area (Å²) in [4.78, 5) is 60.2. The lowest BCUT2D eigenvalue weighted by Gasteiger charge is -2.44. The average Bonchev–Trinajstić information content (AvgIpc) is 3.81. The highest BCUT2D eigenvalue weighted by Gasteiger charge is 2.62. The molecule has 1 aromatic carbocycles. The van der Waals surface area contributed by atoms with Gasteiger partial charge in [0.2, 0.25) is 29.4 Å². The molecule has 6 atom stereocenters. The zero-order chi connectivity index (χ0) is 30.0. The molecule has 2 aliphatic carbocycles. The predicted octanol–water partition coefficient (Wildman–Crippen LogP) is 4.57. The number of allylic oxidation sites excluding steroid dienone is 2. The molecular weight excluding hydrogens is 588 g/mol. The third kappa shape index (κ3) is 4.31. The smallest absolute Gasteiger partial charge is 0.234 e. The molecule has 11 heteroatoms. The molecule has 7 rings (SSSR count). The van der Waals surface area contributed by atoms with Crippen molar-refractivity contribution in [3.05, 3.63) is 74.1 Å². The van der Waals surface area contributed by atoms with Gasteiger partial charge in [0, 0.05) is 15.7 Å². The van der Waals surface area contributed by atoms with Gasteiger partial charge < -0.3 is 14.6 Å². The fraction of sp³-hybridized carbons (Fsp3) is 0.375. The second-order valence-electron chi connectivity index (χ2n) is 11.5. The standard InChI is InChI=1S/C32H30N2O7S2/c1-40-23-11-16(12-24(41-2)28(23)35)25-19-7-8-20-26(31(38)33(29(20)36)14-17-5-3-9-42-17)21(19)13-22-27(25)32(39)34(30(22)37)15-18-6-4-10-43-18/h3-7,9-12,20-22,25-27,35H,8,13-15H2,1-2H3/t20-,21+,22+,25-,26-,27+/m0/s1. The highest BCUT2D eigenvalue weighted by molar-refractivity contribution is 7.10. The predicted molar refractivity (Wildman–Crippen MR) is 158 cm³/mol. The minimum absolute atomic E-state index is 0.163. The number of phenolic OH excluding ortho intramolecular Hbond substituents is 1. The van der Waals surface area contributed by atoms with E-state index in [-0.39, 0.29) is 59.9 Å². The van der Waals surface area contributed by atoms with Crippen LogP contribution in [0.5, 0.6) is 17.2 Å². The number of thiophene rings is 2. The van der Waals surface area contributed by atoms with Gasteiger partial charge in [-0.2, -0.15) is 0 Å². The van der Waals surface area contributed by atoms with E-state index in [0.717, 1.165) is 15.3 Å². The summed E-state index contributed by atoms with van der Waals surface area (Å²) >= 11 is 2.99. The van der Waals surface area contributed by atoms with E-state index in [1.807, 2.05) is 41.1 Å². The summed E-state index contributed by atoms with van der Waals surface area (Å²) < 4.78 is 10.9. The van der Waals surface area contributed by atoms with Crippen LogP contribution in [0.15, 0.2) is 58.8 Å². The Hall–Kier alpha value is -3.96. The summed E-state index contributed by atoms with van der Waals surface area (Å²) in [7, 11) is 2.88. The van der Waals surface area contributed by atoms with E-state index in [2.05, 4.69) is 0 Å². The molecule has 4 aliphatic rings. The van der Waals surface area contributed by atoms with Crippen molar-refractivity contribution in [2.45, 2.75) is 31.8 Å². The van der Waals surface area contributed by atoms with Crippen molar-refractivity contribution < 1.29 is 33.8 Å². The van der Waals surface area contributed by atoms with Crippen molar-refractivity contribution in [2.24, 2.45) is 29.6 Å². The Bertz CT molecular complexity index is 1620. The molecule has 2 saturated heterocycles. The number of benzene rings is 1. The molecule has 0 unspecified atom stereocenters. The normalized spacial score (nSPS) is 28.1. The van der Waals surface area contributed by atoms with Gasteiger partial charge in [-0.15, -0.1) is 22.7 Å². The maximum atomic E-state index is 14.1. The van der Waals surface area contributed by atoms with E-state index in [1.54, 1.807) is 12.1 Å². The molecular formula is C32H30N2O7S2.